The third-order valence-corrected chi connectivity index (χ3v) is 8.19. The molecular weight excluding hydrogens is 533 g/mol. The average Bonchev–Trinajstić information content (AvgIpc) is 2.86. The van der Waals surface area contributed by atoms with Crippen LogP contribution in [0.2, 0.25) is 0 Å². The second-order valence-electron chi connectivity index (χ2n) is 13.1. The molecular formula is C33H51F3O5. The standard InChI is InChI=1S/C33H51F3O5/c1-25(2)31(6,7)23-32(8,30(3,4)5)29(38)40-22-14-12-10-9-11-13-21-39-27-18-15-26(16-19-27)17-20-28(37)41-24-33(34,35)36/h15-20,25H,9-14,21-24H2,1-8H3/b20-17+. The highest BCUT2D eigenvalue weighted by Crippen LogP contribution is 2.49. The van der Waals surface area contributed by atoms with Crippen LogP contribution >= 0.6 is 0 Å². The van der Waals surface area contributed by atoms with Crippen molar-refractivity contribution in [2.24, 2.45) is 22.2 Å². The normalized spacial score (nSPS) is 14.2. The molecule has 0 saturated heterocycles. The fraction of sp³-hybridized carbons (Fsp3) is 0.697. The molecule has 0 aliphatic heterocycles. The summed E-state index contributed by atoms with van der Waals surface area (Å²) in [5.41, 5.74) is -0.0662. The van der Waals surface area contributed by atoms with E-state index in [0.717, 1.165) is 51.0 Å². The maximum Gasteiger partial charge on any atom is 0.422 e. The van der Waals surface area contributed by atoms with Crippen LogP contribution in [0.25, 0.3) is 6.08 Å². The van der Waals surface area contributed by atoms with E-state index in [1.165, 1.54) is 6.08 Å². The fourth-order valence-electron chi connectivity index (χ4n) is 4.22. The van der Waals surface area contributed by atoms with Crippen molar-refractivity contribution in [2.75, 3.05) is 19.8 Å². The predicted molar refractivity (Wildman–Crippen MR) is 157 cm³/mol. The van der Waals surface area contributed by atoms with Crippen molar-refractivity contribution in [2.45, 2.75) is 107 Å². The minimum Gasteiger partial charge on any atom is -0.494 e. The van der Waals surface area contributed by atoms with Gasteiger partial charge in [0.25, 0.3) is 0 Å². The second kappa shape index (κ2) is 16.2. The van der Waals surface area contributed by atoms with Crippen molar-refractivity contribution in [3.8, 4) is 5.75 Å². The number of hydrogen-bond donors (Lipinski definition) is 0. The van der Waals surface area contributed by atoms with Gasteiger partial charge in [-0.05, 0) is 66.7 Å². The van der Waals surface area contributed by atoms with Crippen LogP contribution < -0.4 is 4.74 Å². The lowest BCUT2D eigenvalue weighted by Gasteiger charge is -2.45. The topological polar surface area (TPSA) is 61.8 Å². The zero-order chi connectivity index (χ0) is 31.3. The average molecular weight is 585 g/mol. The Morgan fingerprint density at radius 3 is 1.85 bits per heavy atom. The van der Waals surface area contributed by atoms with Gasteiger partial charge in [-0.25, -0.2) is 4.79 Å². The highest BCUT2D eigenvalue weighted by atomic mass is 19.4. The van der Waals surface area contributed by atoms with Gasteiger partial charge in [0, 0.05) is 6.08 Å². The van der Waals surface area contributed by atoms with Crippen molar-refractivity contribution in [3.63, 3.8) is 0 Å². The molecule has 0 amide bonds. The third kappa shape index (κ3) is 13.8. The molecule has 0 radical (unpaired) electrons. The molecule has 0 aliphatic rings. The third-order valence-electron chi connectivity index (χ3n) is 8.19. The second-order valence-corrected chi connectivity index (χ2v) is 13.1. The Kier molecular flexibility index (Phi) is 14.4. The zero-order valence-corrected chi connectivity index (χ0v) is 26.3. The molecule has 0 fully saturated rings. The lowest BCUT2D eigenvalue weighted by molar-refractivity contribution is -0.182. The van der Waals surface area contributed by atoms with Gasteiger partial charge in [-0.15, -0.1) is 0 Å². The van der Waals surface area contributed by atoms with Crippen LogP contribution in [0.15, 0.2) is 30.3 Å². The summed E-state index contributed by atoms with van der Waals surface area (Å²) in [6, 6.07) is 6.92. The summed E-state index contributed by atoms with van der Waals surface area (Å²) in [7, 11) is 0. The summed E-state index contributed by atoms with van der Waals surface area (Å²) in [6.07, 6.45) is 4.56. The van der Waals surface area contributed by atoms with E-state index in [2.05, 4.69) is 60.1 Å². The molecule has 1 unspecified atom stereocenters. The van der Waals surface area contributed by atoms with E-state index in [9.17, 15) is 22.8 Å². The molecule has 1 rings (SSSR count). The number of benzene rings is 1. The maximum atomic E-state index is 13.2. The summed E-state index contributed by atoms with van der Waals surface area (Å²) in [4.78, 5) is 24.5. The number of rotatable bonds is 17. The Morgan fingerprint density at radius 1 is 0.805 bits per heavy atom. The first kappa shape index (κ1) is 36.5. The first-order chi connectivity index (χ1) is 18.9. The lowest BCUT2D eigenvalue weighted by Crippen LogP contribution is -2.45. The highest BCUT2D eigenvalue weighted by molar-refractivity contribution is 5.87. The van der Waals surface area contributed by atoms with Crippen LogP contribution in [0.5, 0.6) is 5.75 Å². The number of alkyl halides is 3. The van der Waals surface area contributed by atoms with E-state index in [0.29, 0.717) is 30.4 Å². The highest BCUT2D eigenvalue weighted by Gasteiger charge is 2.49. The molecule has 0 aliphatic carbocycles. The van der Waals surface area contributed by atoms with Crippen LogP contribution in [-0.2, 0) is 19.1 Å². The molecule has 0 saturated carbocycles. The summed E-state index contributed by atoms with van der Waals surface area (Å²) in [5.74, 6) is 0.00760. The van der Waals surface area contributed by atoms with Gasteiger partial charge in [0.05, 0.1) is 18.6 Å². The number of carbonyl (C=O) groups excluding carboxylic acids is 2. The smallest absolute Gasteiger partial charge is 0.422 e. The number of unbranched alkanes of at least 4 members (excludes halogenated alkanes) is 5. The molecule has 1 aromatic rings. The molecule has 0 spiro atoms. The quantitative estimate of drug-likeness (QED) is 0.104. The van der Waals surface area contributed by atoms with E-state index in [1.54, 1.807) is 24.3 Å². The molecule has 0 heterocycles. The van der Waals surface area contributed by atoms with Gasteiger partial charge >= 0.3 is 18.1 Å². The summed E-state index contributed by atoms with van der Waals surface area (Å²) >= 11 is 0. The minimum absolute atomic E-state index is 0.0353. The van der Waals surface area contributed by atoms with Gasteiger partial charge in [0.1, 0.15) is 5.75 Å². The first-order valence-electron chi connectivity index (χ1n) is 14.7. The molecule has 5 nitrogen and oxygen atoms in total. The van der Waals surface area contributed by atoms with Crippen molar-refractivity contribution in [3.05, 3.63) is 35.9 Å². The molecule has 0 aromatic heterocycles. The van der Waals surface area contributed by atoms with Crippen molar-refractivity contribution < 1.29 is 37.0 Å². The van der Waals surface area contributed by atoms with Crippen molar-refractivity contribution >= 4 is 18.0 Å². The van der Waals surface area contributed by atoms with Crippen molar-refractivity contribution in [1.82, 2.24) is 0 Å². The van der Waals surface area contributed by atoms with Crippen LogP contribution in [0.4, 0.5) is 13.2 Å². The molecule has 0 N–H and O–H groups in total. The van der Waals surface area contributed by atoms with Gasteiger partial charge in [-0.1, -0.05) is 86.3 Å². The zero-order valence-electron chi connectivity index (χ0n) is 26.3. The van der Waals surface area contributed by atoms with Crippen LogP contribution in [0.1, 0.15) is 106 Å². The number of hydrogen-bond acceptors (Lipinski definition) is 5. The fourth-order valence-corrected chi connectivity index (χ4v) is 4.22. The molecule has 41 heavy (non-hydrogen) atoms. The SMILES string of the molecule is CC(C)C(C)(C)CC(C)(C(=O)OCCCCCCCCOc1ccc(/C=C/C(=O)OCC(F)(F)F)cc1)C(C)(C)C. The minimum atomic E-state index is -4.54. The van der Waals surface area contributed by atoms with E-state index in [4.69, 9.17) is 9.47 Å². The summed E-state index contributed by atoms with van der Waals surface area (Å²) in [6.45, 7) is 16.7. The monoisotopic (exact) mass is 584 g/mol. The van der Waals surface area contributed by atoms with Crippen LogP contribution in [-0.4, -0.2) is 37.9 Å². The molecule has 1 aromatic carbocycles. The number of carbonyl (C=O) groups is 2. The maximum absolute atomic E-state index is 13.2. The summed E-state index contributed by atoms with van der Waals surface area (Å²) < 4.78 is 51.9. The van der Waals surface area contributed by atoms with Gasteiger partial charge in [0.15, 0.2) is 6.61 Å². The van der Waals surface area contributed by atoms with E-state index < -0.39 is 24.2 Å². The first-order valence-corrected chi connectivity index (χ1v) is 14.7. The lowest BCUT2D eigenvalue weighted by atomic mass is 9.59. The van der Waals surface area contributed by atoms with E-state index in [-0.39, 0.29) is 16.8 Å². The van der Waals surface area contributed by atoms with Crippen molar-refractivity contribution in [1.29, 1.82) is 0 Å². The Labute approximate surface area is 245 Å². The van der Waals surface area contributed by atoms with Crippen LogP contribution in [0.3, 0.4) is 0 Å². The largest absolute Gasteiger partial charge is 0.494 e. The van der Waals surface area contributed by atoms with E-state index >= 15 is 0 Å². The predicted octanol–water partition coefficient (Wildman–Crippen LogP) is 9.19. The Morgan fingerprint density at radius 2 is 1.34 bits per heavy atom. The number of ether oxygens (including phenoxy) is 3. The van der Waals surface area contributed by atoms with Gasteiger partial charge in [0.2, 0.25) is 0 Å². The van der Waals surface area contributed by atoms with Gasteiger partial charge in [-0.2, -0.15) is 13.2 Å². The van der Waals surface area contributed by atoms with E-state index in [1.807, 2.05) is 0 Å². The molecule has 0 bridgehead atoms. The summed E-state index contributed by atoms with van der Waals surface area (Å²) in [5, 5.41) is 0. The Hall–Kier alpha value is -2.51. The van der Waals surface area contributed by atoms with Gasteiger partial charge in [-0.3, -0.25) is 4.79 Å². The molecule has 1 atom stereocenters. The van der Waals surface area contributed by atoms with Crippen LogP contribution in [0, 0.1) is 22.2 Å². The number of halogens is 3. The molecule has 8 heteroatoms. The van der Waals surface area contributed by atoms with Gasteiger partial charge < -0.3 is 14.2 Å². The molecule has 234 valence electrons. The number of esters is 2. The Balaban J connectivity index is 2.25. The Bertz CT molecular complexity index is 959.